The molecular formula is C12H19N3O4. The van der Waals surface area contributed by atoms with E-state index in [9.17, 15) is 9.90 Å². The molecule has 0 amide bonds. The molecule has 1 saturated carbocycles. The molecule has 19 heavy (non-hydrogen) atoms. The molecule has 106 valence electrons. The summed E-state index contributed by atoms with van der Waals surface area (Å²) in [5, 5.41) is 17.9. The fourth-order valence-corrected chi connectivity index (χ4v) is 2.48. The minimum Gasteiger partial charge on any atom is -0.464 e. The van der Waals surface area contributed by atoms with Crippen molar-refractivity contribution in [3.8, 4) is 0 Å². The number of aliphatic hydroxyl groups is 1. The van der Waals surface area contributed by atoms with Crippen LogP contribution in [0.2, 0.25) is 0 Å². The molecule has 0 saturated heterocycles. The van der Waals surface area contributed by atoms with Crippen LogP contribution in [0.4, 0.5) is 0 Å². The van der Waals surface area contributed by atoms with Crippen molar-refractivity contribution in [1.29, 1.82) is 0 Å². The van der Waals surface area contributed by atoms with Gasteiger partial charge in [-0.15, -0.1) is 5.10 Å². The third-order valence-electron chi connectivity index (χ3n) is 3.46. The third-order valence-corrected chi connectivity index (χ3v) is 3.46. The van der Waals surface area contributed by atoms with Gasteiger partial charge in [0, 0.05) is 7.11 Å². The Balaban J connectivity index is 2.33. The van der Waals surface area contributed by atoms with Crippen LogP contribution in [0.1, 0.15) is 47.9 Å². The Hall–Kier alpha value is -1.47. The second-order valence-corrected chi connectivity index (χ2v) is 4.67. The number of aliphatic hydroxyl groups excluding tert-OH is 1. The Morgan fingerprint density at radius 1 is 1.42 bits per heavy atom. The molecular weight excluding hydrogens is 250 g/mol. The molecule has 1 aliphatic carbocycles. The van der Waals surface area contributed by atoms with Crippen LogP contribution >= 0.6 is 0 Å². The molecule has 7 heteroatoms. The Morgan fingerprint density at radius 3 is 2.79 bits per heavy atom. The van der Waals surface area contributed by atoms with E-state index in [0.29, 0.717) is 5.69 Å². The number of ether oxygens (including phenoxy) is 2. The van der Waals surface area contributed by atoms with Gasteiger partial charge in [0.1, 0.15) is 0 Å². The first-order valence-corrected chi connectivity index (χ1v) is 6.38. The van der Waals surface area contributed by atoms with Crippen molar-refractivity contribution in [1.82, 2.24) is 15.0 Å². The molecule has 0 spiro atoms. The first-order valence-electron chi connectivity index (χ1n) is 6.38. The number of hydrogen-bond acceptors (Lipinski definition) is 6. The molecule has 0 radical (unpaired) electrons. The number of rotatable bonds is 4. The van der Waals surface area contributed by atoms with E-state index in [4.69, 9.17) is 4.74 Å². The zero-order chi connectivity index (χ0) is 13.8. The van der Waals surface area contributed by atoms with E-state index >= 15 is 0 Å². The third kappa shape index (κ3) is 2.76. The average molecular weight is 269 g/mol. The smallest absolute Gasteiger partial charge is 0.360 e. The Bertz CT molecular complexity index is 446. The zero-order valence-corrected chi connectivity index (χ0v) is 11.2. The topological polar surface area (TPSA) is 86.5 Å². The molecule has 1 heterocycles. The molecule has 1 aromatic heterocycles. The summed E-state index contributed by atoms with van der Waals surface area (Å²) in [4.78, 5) is 11.6. The average Bonchev–Trinajstić information content (AvgIpc) is 2.82. The predicted molar refractivity (Wildman–Crippen MR) is 65.6 cm³/mol. The van der Waals surface area contributed by atoms with Gasteiger partial charge < -0.3 is 14.6 Å². The van der Waals surface area contributed by atoms with E-state index in [1.807, 2.05) is 0 Å². The van der Waals surface area contributed by atoms with E-state index in [1.54, 1.807) is 4.68 Å². The van der Waals surface area contributed by atoms with Crippen LogP contribution in [0.3, 0.4) is 0 Å². The van der Waals surface area contributed by atoms with Gasteiger partial charge in [0.2, 0.25) is 0 Å². The first kappa shape index (κ1) is 14.0. The van der Waals surface area contributed by atoms with Gasteiger partial charge in [-0.2, -0.15) is 0 Å². The van der Waals surface area contributed by atoms with Crippen LogP contribution in [-0.2, 0) is 16.1 Å². The maximum absolute atomic E-state index is 11.6. The number of hydrogen-bond donors (Lipinski definition) is 1. The van der Waals surface area contributed by atoms with Gasteiger partial charge >= 0.3 is 5.97 Å². The molecule has 2 rings (SSSR count). The lowest BCUT2D eigenvalue weighted by Crippen LogP contribution is -2.30. The SMILES string of the molecule is COCc1c(C(=O)OC)nnn1C1CCCCC1O. The summed E-state index contributed by atoms with van der Waals surface area (Å²) in [5.41, 5.74) is 0.711. The Kier molecular flexibility index (Phi) is 4.49. The van der Waals surface area contributed by atoms with Crippen molar-refractivity contribution in [2.24, 2.45) is 0 Å². The minimum atomic E-state index is -0.538. The molecule has 1 aliphatic rings. The summed E-state index contributed by atoms with van der Waals surface area (Å²) >= 11 is 0. The van der Waals surface area contributed by atoms with E-state index in [2.05, 4.69) is 15.0 Å². The molecule has 2 atom stereocenters. The fraction of sp³-hybridized carbons (Fsp3) is 0.750. The quantitative estimate of drug-likeness (QED) is 0.809. The maximum Gasteiger partial charge on any atom is 0.360 e. The normalized spacial score (nSPS) is 23.3. The first-order chi connectivity index (χ1) is 9.19. The van der Waals surface area contributed by atoms with E-state index in [1.165, 1.54) is 14.2 Å². The molecule has 1 fully saturated rings. The summed E-state index contributed by atoms with van der Waals surface area (Å²) in [7, 11) is 2.84. The summed E-state index contributed by atoms with van der Waals surface area (Å²) in [6.45, 7) is 0.209. The Morgan fingerprint density at radius 2 is 2.16 bits per heavy atom. The van der Waals surface area contributed by atoms with Crippen molar-refractivity contribution in [2.45, 2.75) is 44.4 Å². The van der Waals surface area contributed by atoms with E-state index in [-0.39, 0.29) is 18.3 Å². The van der Waals surface area contributed by atoms with Gasteiger partial charge in [0.05, 0.1) is 31.6 Å². The lowest BCUT2D eigenvalue weighted by molar-refractivity contribution is 0.0572. The van der Waals surface area contributed by atoms with Crippen LogP contribution in [0.25, 0.3) is 0 Å². The number of nitrogens with zero attached hydrogens (tertiary/aromatic N) is 3. The van der Waals surface area contributed by atoms with Gasteiger partial charge in [-0.25, -0.2) is 9.48 Å². The summed E-state index contributed by atoms with van der Waals surface area (Å²) in [5.74, 6) is -0.538. The molecule has 0 aliphatic heterocycles. The number of esters is 1. The van der Waals surface area contributed by atoms with E-state index < -0.39 is 12.1 Å². The molecule has 0 aromatic carbocycles. The lowest BCUT2D eigenvalue weighted by Gasteiger charge is -2.28. The van der Waals surface area contributed by atoms with Crippen molar-refractivity contribution >= 4 is 5.97 Å². The predicted octanol–water partition coefficient (Wildman–Crippen LogP) is 0.687. The van der Waals surface area contributed by atoms with Crippen molar-refractivity contribution in [2.75, 3.05) is 14.2 Å². The largest absolute Gasteiger partial charge is 0.464 e. The monoisotopic (exact) mass is 269 g/mol. The van der Waals surface area contributed by atoms with Gasteiger partial charge in [-0.05, 0) is 12.8 Å². The molecule has 1 N–H and O–H groups in total. The maximum atomic E-state index is 11.6. The van der Waals surface area contributed by atoms with Crippen LogP contribution in [-0.4, -0.2) is 46.4 Å². The van der Waals surface area contributed by atoms with E-state index in [0.717, 1.165) is 25.7 Å². The highest BCUT2D eigenvalue weighted by atomic mass is 16.5. The molecule has 0 bridgehead atoms. The fourth-order valence-electron chi connectivity index (χ4n) is 2.48. The van der Waals surface area contributed by atoms with Crippen molar-refractivity contribution < 1.29 is 19.4 Å². The number of carbonyl (C=O) groups is 1. The summed E-state index contributed by atoms with van der Waals surface area (Å²) in [6.07, 6.45) is 3.14. The van der Waals surface area contributed by atoms with Gasteiger partial charge in [0.25, 0.3) is 0 Å². The minimum absolute atomic E-state index is 0.148. The molecule has 1 aromatic rings. The highest BCUT2D eigenvalue weighted by Gasteiger charge is 2.30. The van der Waals surface area contributed by atoms with Crippen LogP contribution in [0, 0.1) is 0 Å². The lowest BCUT2D eigenvalue weighted by atomic mass is 9.92. The van der Waals surface area contributed by atoms with Crippen LogP contribution in [0.5, 0.6) is 0 Å². The second-order valence-electron chi connectivity index (χ2n) is 4.67. The zero-order valence-electron chi connectivity index (χ0n) is 11.2. The van der Waals surface area contributed by atoms with Crippen molar-refractivity contribution in [3.05, 3.63) is 11.4 Å². The number of carbonyl (C=O) groups excluding carboxylic acids is 1. The molecule has 2 unspecified atom stereocenters. The summed E-state index contributed by atoms with van der Waals surface area (Å²) in [6, 6.07) is -0.148. The summed E-state index contributed by atoms with van der Waals surface area (Å²) < 4.78 is 11.4. The molecule has 7 nitrogen and oxygen atoms in total. The van der Waals surface area contributed by atoms with Crippen LogP contribution in [0.15, 0.2) is 0 Å². The highest BCUT2D eigenvalue weighted by molar-refractivity contribution is 5.88. The van der Waals surface area contributed by atoms with Gasteiger partial charge in [-0.3, -0.25) is 0 Å². The standard InChI is InChI=1S/C12H19N3O4/c1-18-7-9-11(12(17)19-2)13-14-15(9)8-5-3-4-6-10(8)16/h8,10,16H,3-7H2,1-2H3. The van der Waals surface area contributed by atoms with Gasteiger partial charge in [-0.1, -0.05) is 18.1 Å². The Labute approximate surface area is 111 Å². The van der Waals surface area contributed by atoms with Crippen molar-refractivity contribution in [3.63, 3.8) is 0 Å². The second kappa shape index (κ2) is 6.12. The number of methoxy groups -OCH3 is 2. The number of aromatic nitrogens is 3. The van der Waals surface area contributed by atoms with Crippen LogP contribution < -0.4 is 0 Å². The van der Waals surface area contributed by atoms with Gasteiger partial charge in [0.15, 0.2) is 5.69 Å². The highest BCUT2D eigenvalue weighted by Crippen LogP contribution is 2.29.